The van der Waals surface area contributed by atoms with Crippen LogP contribution in [0.1, 0.15) is 16.7 Å². The third-order valence-corrected chi connectivity index (χ3v) is 4.47. The van der Waals surface area contributed by atoms with Crippen LogP contribution in [0.25, 0.3) is 0 Å². The van der Waals surface area contributed by atoms with E-state index in [0.717, 1.165) is 17.7 Å². The zero-order valence-electron chi connectivity index (χ0n) is 15.7. The fourth-order valence-electron chi connectivity index (χ4n) is 2.94. The Morgan fingerprint density at radius 2 is 1.86 bits per heavy atom. The first-order valence-electron chi connectivity index (χ1n) is 8.91. The van der Waals surface area contributed by atoms with Crippen LogP contribution in [0.4, 0.5) is 13.2 Å². The maximum Gasteiger partial charge on any atom is 0.416 e. The lowest BCUT2D eigenvalue weighted by Crippen LogP contribution is -2.34. The molecule has 0 atom stereocenters. The van der Waals surface area contributed by atoms with Crippen molar-refractivity contribution in [3.05, 3.63) is 77.4 Å². The molecule has 5 nitrogen and oxygen atoms in total. The molecule has 0 N–H and O–H groups in total. The number of amides is 1. The van der Waals surface area contributed by atoms with Crippen molar-refractivity contribution < 1.29 is 32.2 Å². The van der Waals surface area contributed by atoms with Crippen LogP contribution >= 0.6 is 0 Å². The van der Waals surface area contributed by atoms with Crippen molar-refractivity contribution in [1.82, 2.24) is 4.90 Å². The number of alkyl halides is 3. The van der Waals surface area contributed by atoms with Crippen LogP contribution in [0.15, 0.2) is 60.7 Å². The summed E-state index contributed by atoms with van der Waals surface area (Å²) in [5, 5.41) is 0. The van der Waals surface area contributed by atoms with E-state index in [4.69, 9.17) is 14.2 Å². The van der Waals surface area contributed by atoms with Crippen LogP contribution in [-0.4, -0.2) is 31.3 Å². The van der Waals surface area contributed by atoms with E-state index in [-0.39, 0.29) is 31.5 Å². The fraction of sp³-hybridized carbons (Fsp3) is 0.286. The lowest BCUT2D eigenvalue weighted by atomic mass is 10.1. The average Bonchev–Trinajstić information content (AvgIpc) is 3.23. The molecule has 2 aromatic rings. The van der Waals surface area contributed by atoms with Gasteiger partial charge in [-0.25, -0.2) is 0 Å². The molecule has 0 aliphatic carbocycles. The quantitative estimate of drug-likeness (QED) is 0.693. The number of para-hydroxylation sites is 1. The lowest BCUT2D eigenvalue weighted by Gasteiger charge is -2.22. The molecular formula is C21H20F3NO4. The summed E-state index contributed by atoms with van der Waals surface area (Å²) in [6, 6.07) is 12.1. The predicted octanol–water partition coefficient (Wildman–Crippen LogP) is 4.13. The lowest BCUT2D eigenvalue weighted by molar-refractivity contribution is -0.137. The second-order valence-corrected chi connectivity index (χ2v) is 6.36. The zero-order chi connectivity index (χ0) is 20.9. The first kappa shape index (κ1) is 20.6. The number of carbonyl (C=O) groups excluding carboxylic acids is 1. The van der Waals surface area contributed by atoms with E-state index in [1.165, 1.54) is 30.4 Å². The normalized spacial score (nSPS) is 13.3. The van der Waals surface area contributed by atoms with E-state index in [9.17, 15) is 18.0 Å². The van der Waals surface area contributed by atoms with Gasteiger partial charge in [0.15, 0.2) is 0 Å². The molecule has 0 saturated heterocycles. The molecule has 0 aromatic heterocycles. The van der Waals surface area contributed by atoms with Gasteiger partial charge in [0.05, 0.1) is 19.1 Å². The van der Waals surface area contributed by atoms with Gasteiger partial charge in [-0.15, -0.1) is 0 Å². The molecule has 0 spiro atoms. The third kappa shape index (κ3) is 5.22. The largest absolute Gasteiger partial charge is 0.496 e. The van der Waals surface area contributed by atoms with Gasteiger partial charge >= 0.3 is 6.18 Å². The maximum absolute atomic E-state index is 12.9. The molecule has 0 radical (unpaired) electrons. The number of hydrogen-bond acceptors (Lipinski definition) is 4. The summed E-state index contributed by atoms with van der Waals surface area (Å²) in [5.74, 6) is 0.635. The number of ether oxygens (including phenoxy) is 3. The monoisotopic (exact) mass is 407 g/mol. The summed E-state index contributed by atoms with van der Waals surface area (Å²) in [5.41, 5.74) is 0.687. The first-order chi connectivity index (χ1) is 13.9. The third-order valence-electron chi connectivity index (χ3n) is 4.47. The molecule has 1 aliphatic rings. The molecule has 0 bridgehead atoms. The van der Waals surface area contributed by atoms with Crippen LogP contribution in [-0.2, 0) is 33.3 Å². The van der Waals surface area contributed by atoms with E-state index in [2.05, 4.69) is 0 Å². The fourth-order valence-corrected chi connectivity index (χ4v) is 2.94. The van der Waals surface area contributed by atoms with Crippen molar-refractivity contribution in [2.45, 2.75) is 19.0 Å². The van der Waals surface area contributed by atoms with Crippen molar-refractivity contribution in [3.63, 3.8) is 0 Å². The summed E-state index contributed by atoms with van der Waals surface area (Å²) in [4.78, 5) is 14.3. The van der Waals surface area contributed by atoms with E-state index in [1.54, 1.807) is 12.1 Å². The standard InChI is InChI=1S/C21H20F3NO4/c1-27-18-5-3-2-4-16(18)12-19(26)25(20-13-28-14-29-20)11-10-15-6-8-17(9-7-15)21(22,23)24/h2-9,13H,10-12,14H2,1H3. The number of halogens is 3. The second kappa shape index (κ2) is 8.89. The SMILES string of the molecule is COc1ccccc1CC(=O)N(CCc1ccc(C(F)(F)F)cc1)C1=COCO1. The van der Waals surface area contributed by atoms with Crippen LogP contribution in [0, 0.1) is 0 Å². The summed E-state index contributed by atoms with van der Waals surface area (Å²) in [6.07, 6.45) is -2.59. The van der Waals surface area contributed by atoms with Gasteiger partial charge in [0.2, 0.25) is 18.6 Å². The van der Waals surface area contributed by atoms with Crippen LogP contribution in [0.3, 0.4) is 0 Å². The Hall–Kier alpha value is -3.16. The molecular weight excluding hydrogens is 387 g/mol. The summed E-state index contributed by atoms with van der Waals surface area (Å²) in [6.45, 7) is 0.239. The first-order valence-corrected chi connectivity index (χ1v) is 8.91. The Kier molecular flexibility index (Phi) is 6.31. The van der Waals surface area contributed by atoms with Crippen molar-refractivity contribution in [1.29, 1.82) is 0 Å². The van der Waals surface area contributed by atoms with Crippen LogP contribution < -0.4 is 4.74 Å². The smallest absolute Gasteiger partial charge is 0.416 e. The summed E-state index contributed by atoms with van der Waals surface area (Å²) in [7, 11) is 1.53. The van der Waals surface area contributed by atoms with Gasteiger partial charge < -0.3 is 14.2 Å². The number of nitrogens with zero attached hydrogens (tertiary/aromatic N) is 1. The summed E-state index contributed by atoms with van der Waals surface area (Å²) < 4.78 is 53.8. The molecule has 3 rings (SSSR count). The molecule has 1 amide bonds. The highest BCUT2D eigenvalue weighted by Gasteiger charge is 2.30. The van der Waals surface area contributed by atoms with E-state index in [1.807, 2.05) is 12.1 Å². The highest BCUT2D eigenvalue weighted by atomic mass is 19.4. The maximum atomic E-state index is 12.9. The van der Waals surface area contributed by atoms with Crippen molar-refractivity contribution in [3.8, 4) is 5.75 Å². The highest BCUT2D eigenvalue weighted by Crippen LogP contribution is 2.29. The van der Waals surface area contributed by atoms with E-state index in [0.29, 0.717) is 17.7 Å². The van der Waals surface area contributed by atoms with Crippen LogP contribution in [0.5, 0.6) is 5.75 Å². The van der Waals surface area contributed by atoms with Gasteiger partial charge in [0.1, 0.15) is 12.0 Å². The number of benzene rings is 2. The van der Waals surface area contributed by atoms with E-state index < -0.39 is 11.7 Å². The van der Waals surface area contributed by atoms with Crippen molar-refractivity contribution >= 4 is 5.91 Å². The minimum absolute atomic E-state index is 0.00799. The molecule has 2 aromatic carbocycles. The number of methoxy groups -OCH3 is 1. The van der Waals surface area contributed by atoms with Gasteiger partial charge in [0.25, 0.3) is 0 Å². The minimum atomic E-state index is -4.38. The van der Waals surface area contributed by atoms with Gasteiger partial charge in [-0.1, -0.05) is 30.3 Å². The molecule has 1 heterocycles. The highest BCUT2D eigenvalue weighted by molar-refractivity contribution is 5.81. The van der Waals surface area contributed by atoms with Gasteiger partial charge in [0, 0.05) is 12.1 Å². The molecule has 0 unspecified atom stereocenters. The Balaban J connectivity index is 1.71. The van der Waals surface area contributed by atoms with Gasteiger partial charge in [-0.3, -0.25) is 9.69 Å². The molecule has 154 valence electrons. The van der Waals surface area contributed by atoms with Gasteiger partial charge in [-0.05, 0) is 30.2 Å². The predicted molar refractivity (Wildman–Crippen MR) is 98.7 cm³/mol. The van der Waals surface area contributed by atoms with E-state index >= 15 is 0 Å². The number of carbonyl (C=O) groups is 1. The average molecular weight is 407 g/mol. The minimum Gasteiger partial charge on any atom is -0.496 e. The molecule has 0 saturated carbocycles. The summed E-state index contributed by atoms with van der Waals surface area (Å²) >= 11 is 0. The topological polar surface area (TPSA) is 48.0 Å². The molecule has 1 aliphatic heterocycles. The zero-order valence-corrected chi connectivity index (χ0v) is 15.7. The number of rotatable bonds is 7. The number of hydrogen-bond donors (Lipinski definition) is 0. The Morgan fingerprint density at radius 1 is 1.14 bits per heavy atom. The van der Waals surface area contributed by atoms with Crippen LogP contribution in [0.2, 0.25) is 0 Å². The molecule has 8 heteroatoms. The second-order valence-electron chi connectivity index (χ2n) is 6.36. The molecule has 29 heavy (non-hydrogen) atoms. The Labute approximate surface area is 166 Å². The van der Waals surface area contributed by atoms with Crippen molar-refractivity contribution in [2.24, 2.45) is 0 Å². The Morgan fingerprint density at radius 3 is 2.48 bits per heavy atom. The van der Waals surface area contributed by atoms with Gasteiger partial charge in [-0.2, -0.15) is 13.2 Å². The molecule has 0 fully saturated rings. The van der Waals surface area contributed by atoms with Crippen molar-refractivity contribution in [2.75, 3.05) is 20.4 Å². The Bertz CT molecular complexity index is 878.